The van der Waals surface area contributed by atoms with Gasteiger partial charge in [-0.3, -0.25) is 4.79 Å². The Balaban J connectivity index is 1.90. The zero-order valence-electron chi connectivity index (χ0n) is 20.1. The highest BCUT2D eigenvalue weighted by atomic mass is 32.2. The zero-order chi connectivity index (χ0) is 25.2. The molecule has 0 fully saturated rings. The number of aliphatic hydroxyl groups is 1. The van der Waals surface area contributed by atoms with E-state index in [-0.39, 0.29) is 35.3 Å². The molecule has 0 bridgehead atoms. The van der Waals surface area contributed by atoms with Crippen LogP contribution in [0.1, 0.15) is 44.7 Å². The summed E-state index contributed by atoms with van der Waals surface area (Å²) in [5, 5.41) is 10.9. The molecule has 1 N–H and O–H groups in total. The van der Waals surface area contributed by atoms with Gasteiger partial charge in [-0.2, -0.15) is 0 Å². The normalized spacial score (nSPS) is 15.5. The monoisotopic (exact) mass is 495 g/mol. The molecule has 1 heterocycles. The maximum absolute atomic E-state index is 12.5. The van der Waals surface area contributed by atoms with Crippen molar-refractivity contribution in [3.05, 3.63) is 75.9 Å². The highest BCUT2D eigenvalue weighted by molar-refractivity contribution is 8.18. The average molecular weight is 496 g/mol. The first kappa shape index (κ1) is 26.1. The van der Waals surface area contributed by atoms with Gasteiger partial charge in [0.15, 0.2) is 11.5 Å². The van der Waals surface area contributed by atoms with Crippen molar-refractivity contribution < 1.29 is 28.9 Å². The lowest BCUT2D eigenvalue weighted by Crippen LogP contribution is -2.14. The number of carbonyl (C=O) groups is 2. The largest absolute Gasteiger partial charge is 0.506 e. The quantitative estimate of drug-likeness (QED) is 0.413. The average Bonchev–Trinajstić information content (AvgIpc) is 3.14. The molecule has 0 aliphatic carbocycles. The van der Waals surface area contributed by atoms with Crippen LogP contribution in [0.3, 0.4) is 0 Å². The van der Waals surface area contributed by atoms with Crippen molar-refractivity contribution in [2.75, 3.05) is 13.2 Å². The van der Waals surface area contributed by atoms with E-state index in [1.54, 1.807) is 25.1 Å². The molecule has 0 radical (unpaired) electrons. The number of nitrogens with zero attached hydrogens (tertiary/aromatic N) is 1. The van der Waals surface area contributed by atoms with Crippen molar-refractivity contribution in [2.45, 2.75) is 40.2 Å². The van der Waals surface area contributed by atoms with Gasteiger partial charge in [-0.15, -0.1) is 0 Å². The second-order valence-corrected chi connectivity index (χ2v) is 8.56. The number of hydrogen-bond acceptors (Lipinski definition) is 7. The summed E-state index contributed by atoms with van der Waals surface area (Å²) >= 11 is 1.05. The molecule has 0 atom stereocenters. The van der Waals surface area contributed by atoms with Gasteiger partial charge in [-0.25, -0.2) is 9.79 Å². The summed E-state index contributed by atoms with van der Waals surface area (Å²) in [5.74, 6) is -0.190. The maximum atomic E-state index is 12.5. The molecule has 2 aromatic rings. The van der Waals surface area contributed by atoms with E-state index in [9.17, 15) is 14.7 Å². The van der Waals surface area contributed by atoms with Crippen molar-refractivity contribution in [3.63, 3.8) is 0 Å². The van der Waals surface area contributed by atoms with Crippen LogP contribution in [0.15, 0.2) is 69.8 Å². The molecule has 0 unspecified atom stereocenters. The Kier molecular flexibility index (Phi) is 9.55. The molecule has 1 aliphatic rings. The van der Waals surface area contributed by atoms with Crippen molar-refractivity contribution in [1.82, 2.24) is 0 Å². The molecule has 1 aliphatic heterocycles. The van der Waals surface area contributed by atoms with Crippen LogP contribution >= 0.6 is 11.8 Å². The highest BCUT2D eigenvalue weighted by Crippen LogP contribution is 2.40. The minimum absolute atomic E-state index is 0.0969. The first-order valence-electron chi connectivity index (χ1n) is 11.5. The Hall–Kier alpha value is -3.52. The summed E-state index contributed by atoms with van der Waals surface area (Å²) in [7, 11) is 0. The van der Waals surface area contributed by atoms with E-state index < -0.39 is 5.97 Å². The Morgan fingerprint density at radius 1 is 1.00 bits per heavy atom. The van der Waals surface area contributed by atoms with E-state index in [0.717, 1.165) is 22.9 Å². The highest BCUT2D eigenvalue weighted by Gasteiger charge is 2.33. The second-order valence-electron chi connectivity index (χ2n) is 7.53. The molecule has 35 heavy (non-hydrogen) atoms. The smallest absolute Gasteiger partial charge is 0.344 e. The van der Waals surface area contributed by atoms with Gasteiger partial charge in [0.2, 0.25) is 5.91 Å². The third-order valence-electron chi connectivity index (χ3n) is 4.86. The molecular weight excluding hydrogens is 466 g/mol. The Labute approximate surface area is 209 Å². The lowest BCUT2D eigenvalue weighted by Gasteiger charge is -2.13. The molecule has 0 saturated heterocycles. The van der Waals surface area contributed by atoms with Crippen LogP contribution in [0, 0.1) is 0 Å². The van der Waals surface area contributed by atoms with Crippen LogP contribution in [-0.4, -0.2) is 35.2 Å². The number of aliphatic hydroxyl groups excluding tert-OH is 1. The Morgan fingerprint density at radius 3 is 2.46 bits per heavy atom. The summed E-state index contributed by atoms with van der Waals surface area (Å²) in [5.41, 5.74) is 1.66. The molecule has 0 saturated carbocycles. The molecule has 0 spiro atoms. The molecule has 3 rings (SSSR count). The summed E-state index contributed by atoms with van der Waals surface area (Å²) in [6.07, 6.45) is 2.59. The molecule has 8 heteroatoms. The number of hydrogen-bond donors (Lipinski definition) is 1. The van der Waals surface area contributed by atoms with E-state index in [1.807, 2.05) is 50.2 Å². The fourth-order valence-electron chi connectivity index (χ4n) is 3.26. The first-order chi connectivity index (χ1) is 17.0. The molecular formula is C27H29NO6S. The summed E-state index contributed by atoms with van der Waals surface area (Å²) in [6.45, 7) is 6.41. The van der Waals surface area contributed by atoms with E-state index in [0.29, 0.717) is 36.0 Å². The lowest BCUT2D eigenvalue weighted by atomic mass is 10.1. The molecule has 1 amide bonds. The predicted molar refractivity (Wildman–Crippen MR) is 138 cm³/mol. The van der Waals surface area contributed by atoms with Crippen molar-refractivity contribution in [1.29, 1.82) is 0 Å². The third-order valence-corrected chi connectivity index (χ3v) is 5.88. The van der Waals surface area contributed by atoms with Gasteiger partial charge < -0.3 is 19.3 Å². The van der Waals surface area contributed by atoms with Gasteiger partial charge in [-0.1, -0.05) is 55.1 Å². The van der Waals surface area contributed by atoms with E-state index in [1.165, 1.54) is 0 Å². The lowest BCUT2D eigenvalue weighted by molar-refractivity contribution is -0.138. The van der Waals surface area contributed by atoms with Crippen LogP contribution in [0.2, 0.25) is 0 Å². The molecule has 0 aromatic heterocycles. The van der Waals surface area contributed by atoms with Gasteiger partial charge in [0, 0.05) is 6.42 Å². The minimum atomic E-state index is -0.719. The molecule has 2 aromatic carbocycles. The Bertz CT molecular complexity index is 1150. The van der Waals surface area contributed by atoms with Crippen LogP contribution in [0.5, 0.6) is 11.5 Å². The SMILES string of the molecule is CCCC(=O)N=C1S/C(=C\c2ccc(OCc3ccccc3)c(OCC)c2)C(O)=C1C(=O)OCC. The Morgan fingerprint density at radius 2 is 1.77 bits per heavy atom. The number of benzene rings is 2. The summed E-state index contributed by atoms with van der Waals surface area (Å²) in [4.78, 5) is 29.0. The number of carbonyl (C=O) groups excluding carboxylic acids is 2. The van der Waals surface area contributed by atoms with E-state index in [4.69, 9.17) is 14.2 Å². The van der Waals surface area contributed by atoms with Gasteiger partial charge in [0.05, 0.1) is 18.1 Å². The van der Waals surface area contributed by atoms with Crippen LogP contribution in [0.4, 0.5) is 0 Å². The third kappa shape index (κ3) is 6.99. The number of aliphatic imine (C=N–C) groups is 1. The number of ether oxygens (including phenoxy) is 3. The van der Waals surface area contributed by atoms with Gasteiger partial charge >= 0.3 is 5.97 Å². The number of esters is 1. The molecule has 184 valence electrons. The van der Waals surface area contributed by atoms with Crippen molar-refractivity contribution >= 4 is 34.8 Å². The van der Waals surface area contributed by atoms with E-state index in [2.05, 4.69) is 4.99 Å². The van der Waals surface area contributed by atoms with Crippen molar-refractivity contribution in [2.24, 2.45) is 4.99 Å². The van der Waals surface area contributed by atoms with E-state index >= 15 is 0 Å². The topological polar surface area (TPSA) is 94.4 Å². The standard InChI is InChI=1S/C27H29NO6S/c1-4-10-23(29)28-26-24(27(31)33-6-3)25(30)22(35-26)16-19-13-14-20(21(15-19)32-5-2)34-17-18-11-8-7-9-12-18/h7-9,11-16,30H,4-6,10,17H2,1-3H3/b22-16-,28-26?. The van der Waals surface area contributed by atoms with Crippen molar-refractivity contribution in [3.8, 4) is 11.5 Å². The summed E-state index contributed by atoms with van der Waals surface area (Å²) in [6, 6.07) is 15.2. The second kappa shape index (κ2) is 12.8. The van der Waals surface area contributed by atoms with Gasteiger partial charge in [-0.05, 0) is 49.6 Å². The van der Waals surface area contributed by atoms with Gasteiger partial charge in [0.1, 0.15) is 23.0 Å². The minimum Gasteiger partial charge on any atom is -0.506 e. The zero-order valence-corrected chi connectivity index (χ0v) is 20.9. The number of amides is 1. The van der Waals surface area contributed by atoms with Crippen LogP contribution in [0.25, 0.3) is 6.08 Å². The molecule has 7 nitrogen and oxygen atoms in total. The fraction of sp³-hybridized carbons (Fsp3) is 0.296. The number of thioether (sulfide) groups is 1. The van der Waals surface area contributed by atoms with Crippen LogP contribution in [-0.2, 0) is 20.9 Å². The summed E-state index contributed by atoms with van der Waals surface area (Å²) < 4.78 is 16.8. The number of rotatable bonds is 10. The predicted octanol–water partition coefficient (Wildman–Crippen LogP) is 5.85. The fourth-order valence-corrected chi connectivity index (χ4v) is 4.30. The van der Waals surface area contributed by atoms with Gasteiger partial charge in [0.25, 0.3) is 0 Å². The maximum Gasteiger partial charge on any atom is 0.344 e. The van der Waals surface area contributed by atoms with Crippen LogP contribution < -0.4 is 9.47 Å². The first-order valence-corrected chi connectivity index (χ1v) is 12.3.